The zero-order chi connectivity index (χ0) is 18.4. The molecule has 26 heavy (non-hydrogen) atoms. The monoisotopic (exact) mass is 362 g/mol. The van der Waals surface area contributed by atoms with Crippen molar-refractivity contribution in [1.82, 2.24) is 9.55 Å². The van der Waals surface area contributed by atoms with E-state index in [1.165, 1.54) is 11.8 Å². The molecule has 3 aromatic rings. The maximum absolute atomic E-state index is 12.2. The number of nitriles is 1. The number of thioether (sulfide) groups is 1. The van der Waals surface area contributed by atoms with Gasteiger partial charge in [-0.1, -0.05) is 54.2 Å². The van der Waals surface area contributed by atoms with Crippen LogP contribution in [0.4, 0.5) is 5.69 Å². The van der Waals surface area contributed by atoms with Crippen molar-refractivity contribution < 1.29 is 4.79 Å². The maximum atomic E-state index is 12.2. The Hall–Kier alpha value is -3.04. The summed E-state index contributed by atoms with van der Waals surface area (Å²) in [5, 5.41) is 12.3. The van der Waals surface area contributed by atoms with Gasteiger partial charge in [-0.05, 0) is 23.3 Å². The summed E-state index contributed by atoms with van der Waals surface area (Å²) >= 11 is 1.40. The number of nitrogens with zero attached hydrogens (tertiary/aromatic N) is 3. The Labute approximate surface area is 156 Å². The summed E-state index contributed by atoms with van der Waals surface area (Å²) < 4.78 is 1.99. The van der Waals surface area contributed by atoms with Crippen LogP contribution in [0, 0.1) is 11.3 Å². The number of aromatic nitrogens is 2. The second kappa shape index (κ2) is 8.37. The molecule has 0 fully saturated rings. The van der Waals surface area contributed by atoms with Crippen LogP contribution >= 0.6 is 11.8 Å². The molecule has 0 aliphatic heterocycles. The quantitative estimate of drug-likeness (QED) is 0.676. The number of carbonyl (C=O) groups excluding carboxylic acids is 1. The number of nitrogens with one attached hydrogen (secondary N) is 1. The third kappa shape index (κ3) is 4.32. The minimum absolute atomic E-state index is 0.0905. The molecule has 1 N–H and O–H groups in total. The number of hydrogen-bond acceptors (Lipinski definition) is 4. The van der Waals surface area contributed by atoms with E-state index in [4.69, 9.17) is 5.26 Å². The van der Waals surface area contributed by atoms with Crippen LogP contribution in [0.2, 0.25) is 0 Å². The van der Waals surface area contributed by atoms with Gasteiger partial charge in [0, 0.05) is 12.7 Å². The van der Waals surface area contributed by atoms with Crippen LogP contribution in [0.1, 0.15) is 5.56 Å². The number of benzene rings is 2. The van der Waals surface area contributed by atoms with Crippen molar-refractivity contribution >= 4 is 23.4 Å². The molecule has 0 atom stereocenters. The molecule has 1 heterocycles. The highest BCUT2D eigenvalue weighted by Crippen LogP contribution is 2.24. The molecule has 6 heteroatoms. The Morgan fingerprint density at radius 2 is 1.92 bits per heavy atom. The van der Waals surface area contributed by atoms with Crippen LogP contribution in [-0.4, -0.2) is 21.2 Å². The summed E-state index contributed by atoms with van der Waals surface area (Å²) in [6, 6.07) is 19.4. The fourth-order valence-electron chi connectivity index (χ4n) is 2.53. The van der Waals surface area contributed by atoms with E-state index >= 15 is 0 Å². The van der Waals surface area contributed by atoms with Crippen LogP contribution in [0.3, 0.4) is 0 Å². The number of carbonyl (C=O) groups is 1. The van der Waals surface area contributed by atoms with Crippen molar-refractivity contribution in [3.05, 3.63) is 66.4 Å². The van der Waals surface area contributed by atoms with Gasteiger partial charge in [-0.3, -0.25) is 4.79 Å². The highest BCUT2D eigenvalue weighted by Gasteiger charge is 2.11. The standard InChI is InChI=1S/C20H18N4OS/c1-24-18(16-5-3-2-4-6-16)13-22-20(24)26-14-19(25)23-17-9-7-15(8-10-17)11-12-21/h2-10,13H,11,14H2,1H3,(H,23,25). The summed E-state index contributed by atoms with van der Waals surface area (Å²) in [6.45, 7) is 0. The van der Waals surface area contributed by atoms with Gasteiger partial charge in [-0.25, -0.2) is 4.98 Å². The van der Waals surface area contributed by atoms with Gasteiger partial charge in [0.05, 0.1) is 30.1 Å². The van der Waals surface area contributed by atoms with Crippen LogP contribution in [-0.2, 0) is 18.3 Å². The van der Waals surface area contributed by atoms with Crippen molar-refractivity contribution in [2.75, 3.05) is 11.1 Å². The van der Waals surface area contributed by atoms with Gasteiger partial charge in [-0.15, -0.1) is 0 Å². The van der Waals surface area contributed by atoms with E-state index in [1.54, 1.807) is 0 Å². The fraction of sp³-hybridized carbons (Fsp3) is 0.150. The molecule has 1 aromatic heterocycles. The predicted molar refractivity (Wildman–Crippen MR) is 104 cm³/mol. The molecule has 0 aliphatic carbocycles. The Morgan fingerprint density at radius 3 is 2.62 bits per heavy atom. The van der Waals surface area contributed by atoms with E-state index in [0.29, 0.717) is 6.42 Å². The average Bonchev–Trinajstić information content (AvgIpc) is 3.03. The van der Waals surface area contributed by atoms with Crippen molar-refractivity contribution in [3.8, 4) is 17.3 Å². The van der Waals surface area contributed by atoms with Crippen LogP contribution in [0.5, 0.6) is 0 Å². The molecule has 130 valence electrons. The molecule has 1 amide bonds. The normalized spacial score (nSPS) is 10.3. The van der Waals surface area contributed by atoms with E-state index in [-0.39, 0.29) is 11.7 Å². The van der Waals surface area contributed by atoms with E-state index in [0.717, 1.165) is 27.7 Å². The van der Waals surface area contributed by atoms with Gasteiger partial charge < -0.3 is 9.88 Å². The van der Waals surface area contributed by atoms with Crippen molar-refractivity contribution in [2.45, 2.75) is 11.6 Å². The highest BCUT2D eigenvalue weighted by molar-refractivity contribution is 7.99. The SMILES string of the molecule is Cn1c(-c2ccccc2)cnc1SCC(=O)Nc1ccc(CC#N)cc1. The number of imidazole rings is 1. The zero-order valence-electron chi connectivity index (χ0n) is 14.3. The lowest BCUT2D eigenvalue weighted by Gasteiger charge is -2.07. The third-order valence-corrected chi connectivity index (χ3v) is 4.91. The molecule has 2 aromatic carbocycles. The van der Waals surface area contributed by atoms with Gasteiger partial charge in [0.25, 0.3) is 0 Å². The first kappa shape index (κ1) is 17.8. The maximum Gasteiger partial charge on any atom is 0.234 e. The molecule has 0 radical (unpaired) electrons. The first-order valence-corrected chi connectivity index (χ1v) is 9.11. The van der Waals surface area contributed by atoms with E-state index < -0.39 is 0 Å². The van der Waals surface area contributed by atoms with Gasteiger partial charge in [-0.2, -0.15) is 5.26 Å². The van der Waals surface area contributed by atoms with Gasteiger partial charge in [0.15, 0.2) is 5.16 Å². The third-order valence-electron chi connectivity index (χ3n) is 3.87. The largest absolute Gasteiger partial charge is 0.325 e. The summed E-state index contributed by atoms with van der Waals surface area (Å²) in [6.07, 6.45) is 2.19. The van der Waals surface area contributed by atoms with Gasteiger partial charge >= 0.3 is 0 Å². The predicted octanol–water partition coefficient (Wildman–Crippen LogP) is 3.88. The molecule has 3 rings (SSSR count). The fourth-order valence-corrected chi connectivity index (χ4v) is 3.28. The lowest BCUT2D eigenvalue weighted by Crippen LogP contribution is -2.14. The number of amides is 1. The van der Waals surface area contributed by atoms with Crippen LogP contribution < -0.4 is 5.32 Å². The zero-order valence-corrected chi connectivity index (χ0v) is 15.2. The first-order chi connectivity index (χ1) is 12.7. The smallest absolute Gasteiger partial charge is 0.234 e. The molecular weight excluding hydrogens is 344 g/mol. The van der Waals surface area contributed by atoms with Gasteiger partial charge in [0.2, 0.25) is 5.91 Å². The lowest BCUT2D eigenvalue weighted by molar-refractivity contribution is -0.113. The molecule has 0 saturated heterocycles. The second-order valence-corrected chi connectivity index (χ2v) is 6.66. The molecule has 0 aliphatic rings. The minimum Gasteiger partial charge on any atom is -0.325 e. The Morgan fingerprint density at radius 1 is 1.19 bits per heavy atom. The van der Waals surface area contributed by atoms with Crippen LogP contribution in [0.25, 0.3) is 11.3 Å². The Bertz CT molecular complexity index is 927. The van der Waals surface area contributed by atoms with E-state index in [9.17, 15) is 4.79 Å². The molecule has 0 bridgehead atoms. The number of hydrogen-bond donors (Lipinski definition) is 1. The summed E-state index contributed by atoms with van der Waals surface area (Å²) in [5.74, 6) is 0.186. The van der Waals surface area contributed by atoms with Crippen molar-refractivity contribution in [2.24, 2.45) is 7.05 Å². The molecule has 0 saturated carbocycles. The average molecular weight is 362 g/mol. The Kier molecular flexibility index (Phi) is 5.72. The second-order valence-electron chi connectivity index (χ2n) is 5.72. The topological polar surface area (TPSA) is 70.7 Å². The number of anilines is 1. The van der Waals surface area contributed by atoms with Crippen molar-refractivity contribution in [1.29, 1.82) is 5.26 Å². The molecule has 5 nitrogen and oxygen atoms in total. The van der Waals surface area contributed by atoms with Crippen LogP contribution in [0.15, 0.2) is 66.0 Å². The Balaban J connectivity index is 1.58. The van der Waals surface area contributed by atoms with E-state index in [1.807, 2.05) is 72.4 Å². The summed E-state index contributed by atoms with van der Waals surface area (Å²) in [7, 11) is 1.95. The molecule has 0 spiro atoms. The van der Waals surface area contributed by atoms with E-state index in [2.05, 4.69) is 16.4 Å². The number of rotatable bonds is 6. The first-order valence-electron chi connectivity index (χ1n) is 8.13. The van der Waals surface area contributed by atoms with Gasteiger partial charge in [0.1, 0.15) is 0 Å². The molecule has 0 unspecified atom stereocenters. The highest BCUT2D eigenvalue weighted by atomic mass is 32.2. The minimum atomic E-state index is -0.0905. The lowest BCUT2D eigenvalue weighted by atomic mass is 10.1. The summed E-state index contributed by atoms with van der Waals surface area (Å²) in [4.78, 5) is 16.6. The van der Waals surface area contributed by atoms with Crippen molar-refractivity contribution in [3.63, 3.8) is 0 Å². The summed E-state index contributed by atoms with van der Waals surface area (Å²) in [5.41, 5.74) is 3.77. The molecular formula is C20H18N4OS.